The number of aromatic nitrogens is 1. The molecule has 1 aromatic heterocycles. The number of hydrogen-bond donors (Lipinski definition) is 2. The van der Waals surface area contributed by atoms with Gasteiger partial charge in [-0.05, 0) is 18.9 Å². The SMILES string of the molecule is OCC1(CNc2cnccc2Cl)CCCCC1. The number of pyridine rings is 1. The Hall–Kier alpha value is -0.800. The van der Waals surface area contributed by atoms with Crippen LogP contribution in [0.5, 0.6) is 0 Å². The number of aliphatic hydroxyl groups excluding tert-OH is 1. The molecule has 1 saturated carbocycles. The monoisotopic (exact) mass is 254 g/mol. The molecule has 2 rings (SSSR count). The first kappa shape index (κ1) is 12.7. The van der Waals surface area contributed by atoms with E-state index in [9.17, 15) is 5.11 Å². The molecule has 0 unspecified atom stereocenters. The van der Waals surface area contributed by atoms with E-state index in [-0.39, 0.29) is 12.0 Å². The van der Waals surface area contributed by atoms with Gasteiger partial charge in [0, 0.05) is 18.2 Å². The largest absolute Gasteiger partial charge is 0.396 e. The molecule has 3 nitrogen and oxygen atoms in total. The fourth-order valence-electron chi connectivity index (χ4n) is 2.48. The highest BCUT2D eigenvalue weighted by atomic mass is 35.5. The van der Waals surface area contributed by atoms with Crippen molar-refractivity contribution in [3.63, 3.8) is 0 Å². The van der Waals surface area contributed by atoms with Crippen molar-refractivity contribution in [2.24, 2.45) is 5.41 Å². The minimum atomic E-state index is 0.0252. The van der Waals surface area contributed by atoms with Gasteiger partial charge in [0.15, 0.2) is 0 Å². The van der Waals surface area contributed by atoms with Gasteiger partial charge in [0.1, 0.15) is 0 Å². The number of nitrogens with one attached hydrogen (secondary N) is 1. The predicted molar refractivity (Wildman–Crippen MR) is 70.3 cm³/mol. The molecule has 0 saturated heterocycles. The lowest BCUT2D eigenvalue weighted by Gasteiger charge is -2.36. The minimum Gasteiger partial charge on any atom is -0.396 e. The maximum absolute atomic E-state index is 9.60. The highest BCUT2D eigenvalue weighted by molar-refractivity contribution is 6.33. The molecule has 1 fully saturated rings. The van der Waals surface area contributed by atoms with Gasteiger partial charge in [0.05, 0.1) is 23.5 Å². The van der Waals surface area contributed by atoms with E-state index in [2.05, 4.69) is 10.3 Å². The molecule has 4 heteroatoms. The fourth-order valence-corrected chi connectivity index (χ4v) is 2.65. The summed E-state index contributed by atoms with van der Waals surface area (Å²) in [5.74, 6) is 0. The average Bonchev–Trinajstić information content (AvgIpc) is 2.39. The molecule has 1 aliphatic carbocycles. The zero-order valence-corrected chi connectivity index (χ0v) is 10.7. The molecule has 94 valence electrons. The molecule has 0 aromatic carbocycles. The van der Waals surface area contributed by atoms with Crippen LogP contribution < -0.4 is 5.32 Å². The molecule has 1 heterocycles. The summed E-state index contributed by atoms with van der Waals surface area (Å²) < 4.78 is 0. The van der Waals surface area contributed by atoms with Crippen molar-refractivity contribution in [2.75, 3.05) is 18.5 Å². The second kappa shape index (κ2) is 5.69. The summed E-state index contributed by atoms with van der Waals surface area (Å²) in [5, 5.41) is 13.6. The molecule has 0 spiro atoms. The van der Waals surface area contributed by atoms with Gasteiger partial charge in [-0.2, -0.15) is 0 Å². The first-order valence-corrected chi connectivity index (χ1v) is 6.58. The quantitative estimate of drug-likeness (QED) is 0.868. The number of rotatable bonds is 4. The molecular weight excluding hydrogens is 236 g/mol. The van der Waals surface area contributed by atoms with E-state index in [1.54, 1.807) is 18.5 Å². The van der Waals surface area contributed by atoms with E-state index in [1.165, 1.54) is 19.3 Å². The van der Waals surface area contributed by atoms with Crippen LogP contribution in [0, 0.1) is 5.41 Å². The molecule has 0 radical (unpaired) electrons. The molecule has 0 atom stereocenters. The number of halogens is 1. The lowest BCUT2D eigenvalue weighted by molar-refractivity contribution is 0.0944. The van der Waals surface area contributed by atoms with E-state index in [0.717, 1.165) is 25.1 Å². The smallest absolute Gasteiger partial charge is 0.0716 e. The van der Waals surface area contributed by atoms with Crippen molar-refractivity contribution >= 4 is 17.3 Å². The minimum absolute atomic E-state index is 0.0252. The fraction of sp³-hybridized carbons (Fsp3) is 0.615. The van der Waals surface area contributed by atoms with Gasteiger partial charge in [0.2, 0.25) is 0 Å². The Kier molecular flexibility index (Phi) is 4.24. The second-order valence-corrected chi connectivity index (χ2v) is 5.34. The van der Waals surface area contributed by atoms with Crippen molar-refractivity contribution in [3.05, 3.63) is 23.5 Å². The van der Waals surface area contributed by atoms with Crippen molar-refractivity contribution in [3.8, 4) is 0 Å². The van der Waals surface area contributed by atoms with Gasteiger partial charge in [-0.3, -0.25) is 4.98 Å². The zero-order valence-electron chi connectivity index (χ0n) is 9.95. The summed E-state index contributed by atoms with van der Waals surface area (Å²) in [6, 6.07) is 1.77. The topological polar surface area (TPSA) is 45.1 Å². The van der Waals surface area contributed by atoms with Crippen LogP contribution in [0.1, 0.15) is 32.1 Å². The highest BCUT2D eigenvalue weighted by Crippen LogP contribution is 2.36. The summed E-state index contributed by atoms with van der Waals surface area (Å²) in [6.45, 7) is 1.02. The number of nitrogens with zero attached hydrogens (tertiary/aromatic N) is 1. The average molecular weight is 255 g/mol. The van der Waals surface area contributed by atoms with Gasteiger partial charge in [-0.1, -0.05) is 30.9 Å². The Morgan fingerprint density at radius 3 is 2.76 bits per heavy atom. The number of aliphatic hydroxyl groups is 1. The first-order chi connectivity index (χ1) is 8.26. The first-order valence-electron chi connectivity index (χ1n) is 6.20. The lowest BCUT2D eigenvalue weighted by Crippen LogP contribution is -2.35. The zero-order chi connectivity index (χ0) is 12.1. The molecule has 0 bridgehead atoms. The van der Waals surface area contributed by atoms with Crippen LogP contribution in [0.15, 0.2) is 18.5 Å². The second-order valence-electron chi connectivity index (χ2n) is 4.93. The third-order valence-electron chi connectivity index (χ3n) is 3.67. The predicted octanol–water partition coefficient (Wildman–Crippen LogP) is 3.09. The van der Waals surface area contributed by atoms with Gasteiger partial charge < -0.3 is 10.4 Å². The van der Waals surface area contributed by atoms with Crippen LogP contribution in [-0.4, -0.2) is 23.2 Å². The number of anilines is 1. The molecule has 0 aliphatic heterocycles. The number of hydrogen-bond acceptors (Lipinski definition) is 3. The van der Waals surface area contributed by atoms with Crippen LogP contribution >= 0.6 is 11.6 Å². The molecule has 2 N–H and O–H groups in total. The van der Waals surface area contributed by atoms with Crippen molar-refractivity contribution in [1.29, 1.82) is 0 Å². The van der Waals surface area contributed by atoms with Crippen molar-refractivity contribution < 1.29 is 5.11 Å². The van der Waals surface area contributed by atoms with Crippen LogP contribution in [-0.2, 0) is 0 Å². The lowest BCUT2D eigenvalue weighted by atomic mass is 9.74. The summed E-state index contributed by atoms with van der Waals surface area (Å²) in [4.78, 5) is 4.05. The van der Waals surface area contributed by atoms with E-state index in [1.807, 2.05) is 0 Å². The standard InChI is InChI=1S/C13H19ClN2O/c14-11-4-7-15-8-12(11)16-9-13(10-17)5-2-1-3-6-13/h4,7-8,16-17H,1-3,5-6,9-10H2. The summed E-state index contributed by atoms with van der Waals surface area (Å²) in [7, 11) is 0. The van der Waals surface area contributed by atoms with Gasteiger partial charge >= 0.3 is 0 Å². The Labute approximate surface area is 107 Å². The van der Waals surface area contributed by atoms with Crippen LogP contribution in [0.25, 0.3) is 0 Å². The Morgan fingerprint density at radius 2 is 2.12 bits per heavy atom. The van der Waals surface area contributed by atoms with Gasteiger partial charge in [-0.15, -0.1) is 0 Å². The normalized spacial score (nSPS) is 18.9. The third-order valence-corrected chi connectivity index (χ3v) is 4.00. The summed E-state index contributed by atoms with van der Waals surface area (Å²) >= 11 is 6.07. The molecule has 0 amide bonds. The van der Waals surface area contributed by atoms with Gasteiger partial charge in [0.25, 0.3) is 0 Å². The van der Waals surface area contributed by atoms with Gasteiger partial charge in [-0.25, -0.2) is 0 Å². The summed E-state index contributed by atoms with van der Waals surface area (Å²) in [6.07, 6.45) is 9.30. The van der Waals surface area contributed by atoms with Crippen LogP contribution in [0.2, 0.25) is 5.02 Å². The third kappa shape index (κ3) is 3.11. The van der Waals surface area contributed by atoms with E-state index in [0.29, 0.717) is 5.02 Å². The Bertz CT molecular complexity index is 364. The Balaban J connectivity index is 1.98. The maximum atomic E-state index is 9.60. The van der Waals surface area contributed by atoms with Crippen molar-refractivity contribution in [2.45, 2.75) is 32.1 Å². The molecular formula is C13H19ClN2O. The van der Waals surface area contributed by atoms with E-state index >= 15 is 0 Å². The molecule has 1 aliphatic rings. The van der Waals surface area contributed by atoms with Crippen LogP contribution in [0.4, 0.5) is 5.69 Å². The Morgan fingerprint density at radius 1 is 1.35 bits per heavy atom. The summed E-state index contributed by atoms with van der Waals surface area (Å²) in [5.41, 5.74) is 0.879. The molecule has 1 aromatic rings. The van der Waals surface area contributed by atoms with E-state index < -0.39 is 0 Å². The maximum Gasteiger partial charge on any atom is 0.0716 e. The van der Waals surface area contributed by atoms with Crippen LogP contribution in [0.3, 0.4) is 0 Å². The molecule has 17 heavy (non-hydrogen) atoms. The van der Waals surface area contributed by atoms with Crippen molar-refractivity contribution in [1.82, 2.24) is 4.98 Å². The highest BCUT2D eigenvalue weighted by Gasteiger charge is 2.31. The van der Waals surface area contributed by atoms with E-state index in [4.69, 9.17) is 11.6 Å².